The van der Waals surface area contributed by atoms with E-state index in [9.17, 15) is 9.59 Å². The average molecular weight is 291 g/mol. The van der Waals surface area contributed by atoms with E-state index in [-0.39, 0.29) is 24.0 Å². The van der Waals surface area contributed by atoms with Gasteiger partial charge in [-0.1, -0.05) is 37.3 Å². The van der Waals surface area contributed by atoms with Crippen LogP contribution in [0.5, 0.6) is 0 Å². The highest BCUT2D eigenvalue weighted by molar-refractivity contribution is 5.73. The molecule has 0 bridgehead atoms. The summed E-state index contributed by atoms with van der Waals surface area (Å²) in [7, 11) is 0. The molecule has 1 saturated heterocycles. The lowest BCUT2D eigenvalue weighted by molar-refractivity contribution is -0.148. The van der Waals surface area contributed by atoms with Gasteiger partial charge in [0.25, 0.3) is 0 Å². The van der Waals surface area contributed by atoms with Gasteiger partial charge in [-0.25, -0.2) is 4.79 Å². The molecule has 0 N–H and O–H groups in total. The van der Waals surface area contributed by atoms with E-state index in [0.29, 0.717) is 26.2 Å². The predicted molar refractivity (Wildman–Crippen MR) is 77.5 cm³/mol. The van der Waals surface area contributed by atoms with E-state index in [2.05, 4.69) is 0 Å². The Morgan fingerprint density at radius 3 is 2.81 bits per heavy atom. The summed E-state index contributed by atoms with van der Waals surface area (Å²) in [6.07, 6.45) is 0.233. The molecule has 5 heteroatoms. The zero-order valence-electron chi connectivity index (χ0n) is 12.5. The topological polar surface area (TPSA) is 55.8 Å². The maximum absolute atomic E-state index is 11.9. The minimum Gasteiger partial charge on any atom is -0.466 e. The molecular formula is C16H21NO4. The zero-order chi connectivity index (χ0) is 15.2. The third kappa shape index (κ3) is 3.97. The van der Waals surface area contributed by atoms with Gasteiger partial charge in [0.2, 0.25) is 0 Å². The molecular weight excluding hydrogens is 270 g/mol. The van der Waals surface area contributed by atoms with E-state index >= 15 is 0 Å². The molecule has 114 valence electrons. The molecule has 0 aliphatic carbocycles. The van der Waals surface area contributed by atoms with Crippen molar-refractivity contribution in [3.8, 4) is 0 Å². The van der Waals surface area contributed by atoms with Gasteiger partial charge in [0.15, 0.2) is 0 Å². The Balaban J connectivity index is 1.98. The Hall–Kier alpha value is -2.04. The Bertz CT molecular complexity index is 488. The number of nitrogens with zero attached hydrogens (tertiary/aromatic N) is 1. The van der Waals surface area contributed by atoms with Crippen LogP contribution in [0, 0.1) is 5.92 Å². The molecule has 1 heterocycles. The Morgan fingerprint density at radius 1 is 1.43 bits per heavy atom. The fourth-order valence-corrected chi connectivity index (χ4v) is 2.45. The molecule has 1 aliphatic heterocycles. The van der Waals surface area contributed by atoms with Crippen LogP contribution in [-0.2, 0) is 20.8 Å². The van der Waals surface area contributed by atoms with Crippen LogP contribution in [0.15, 0.2) is 30.3 Å². The molecule has 0 unspecified atom stereocenters. The first-order chi connectivity index (χ1) is 10.1. The van der Waals surface area contributed by atoms with Gasteiger partial charge in [-0.15, -0.1) is 0 Å². The van der Waals surface area contributed by atoms with Crippen molar-refractivity contribution in [3.05, 3.63) is 35.9 Å². The zero-order valence-corrected chi connectivity index (χ0v) is 12.5. The van der Waals surface area contributed by atoms with Crippen LogP contribution in [0.1, 0.15) is 25.8 Å². The SMILES string of the molecule is CCOC(=O)[C@@H](C)C[C@@H]1COC(=O)N1Cc1ccccc1. The number of esters is 1. The number of carbonyl (C=O) groups excluding carboxylic acids is 2. The lowest BCUT2D eigenvalue weighted by Gasteiger charge is -2.23. The van der Waals surface area contributed by atoms with Gasteiger partial charge in [-0.2, -0.15) is 0 Å². The van der Waals surface area contributed by atoms with Crippen molar-refractivity contribution in [2.75, 3.05) is 13.2 Å². The van der Waals surface area contributed by atoms with Crippen molar-refractivity contribution < 1.29 is 19.1 Å². The molecule has 1 fully saturated rings. The fraction of sp³-hybridized carbons (Fsp3) is 0.500. The van der Waals surface area contributed by atoms with E-state index in [1.807, 2.05) is 37.3 Å². The molecule has 0 aromatic heterocycles. The number of carbonyl (C=O) groups is 2. The summed E-state index contributed by atoms with van der Waals surface area (Å²) in [4.78, 5) is 25.3. The third-order valence-corrected chi connectivity index (χ3v) is 3.58. The second-order valence-electron chi connectivity index (χ2n) is 5.23. The molecule has 5 nitrogen and oxygen atoms in total. The van der Waals surface area contributed by atoms with Crippen molar-refractivity contribution in [3.63, 3.8) is 0 Å². The van der Waals surface area contributed by atoms with Crippen molar-refractivity contribution in [1.82, 2.24) is 4.90 Å². The van der Waals surface area contributed by atoms with E-state index in [1.54, 1.807) is 11.8 Å². The maximum Gasteiger partial charge on any atom is 0.410 e. The van der Waals surface area contributed by atoms with Crippen molar-refractivity contribution in [1.29, 1.82) is 0 Å². The molecule has 0 radical (unpaired) electrons. The molecule has 1 aliphatic rings. The fourth-order valence-electron chi connectivity index (χ4n) is 2.45. The number of hydrogen-bond donors (Lipinski definition) is 0. The number of cyclic esters (lactones) is 1. The first-order valence-corrected chi connectivity index (χ1v) is 7.25. The minimum absolute atomic E-state index is 0.0860. The monoisotopic (exact) mass is 291 g/mol. The van der Waals surface area contributed by atoms with Crippen LogP contribution in [0.3, 0.4) is 0 Å². The number of hydrogen-bond acceptors (Lipinski definition) is 4. The Morgan fingerprint density at radius 2 is 2.14 bits per heavy atom. The van der Waals surface area contributed by atoms with E-state index in [4.69, 9.17) is 9.47 Å². The van der Waals surface area contributed by atoms with Crippen LogP contribution < -0.4 is 0 Å². The second-order valence-corrected chi connectivity index (χ2v) is 5.23. The van der Waals surface area contributed by atoms with Gasteiger partial charge in [-0.3, -0.25) is 9.69 Å². The van der Waals surface area contributed by atoms with Crippen LogP contribution >= 0.6 is 0 Å². The molecule has 2 rings (SSSR count). The van der Waals surface area contributed by atoms with E-state index in [1.165, 1.54) is 0 Å². The van der Waals surface area contributed by atoms with Gasteiger partial charge >= 0.3 is 12.1 Å². The van der Waals surface area contributed by atoms with Crippen LogP contribution in [-0.4, -0.2) is 36.2 Å². The van der Waals surface area contributed by atoms with Gasteiger partial charge in [0.05, 0.1) is 18.6 Å². The largest absolute Gasteiger partial charge is 0.466 e. The highest BCUT2D eigenvalue weighted by Crippen LogP contribution is 2.22. The summed E-state index contributed by atoms with van der Waals surface area (Å²) >= 11 is 0. The van der Waals surface area contributed by atoms with Crippen molar-refractivity contribution in [2.45, 2.75) is 32.9 Å². The van der Waals surface area contributed by atoms with Crippen LogP contribution in [0.25, 0.3) is 0 Å². The number of benzene rings is 1. The number of amides is 1. The normalized spacial score (nSPS) is 19.2. The maximum atomic E-state index is 11.9. The lowest BCUT2D eigenvalue weighted by atomic mass is 10.0. The van der Waals surface area contributed by atoms with Gasteiger partial charge in [0, 0.05) is 6.54 Å². The Kier molecular flexibility index (Phi) is 5.20. The van der Waals surface area contributed by atoms with Crippen LogP contribution in [0.2, 0.25) is 0 Å². The predicted octanol–water partition coefficient (Wildman–Crippen LogP) is 2.60. The quantitative estimate of drug-likeness (QED) is 0.756. The standard InChI is InChI=1S/C16H21NO4/c1-3-20-15(18)12(2)9-14-11-21-16(19)17(14)10-13-7-5-4-6-8-13/h4-8,12,14H,3,9-11H2,1-2H3/t12-,14+/m0/s1. The summed E-state index contributed by atoms with van der Waals surface area (Å²) in [5.74, 6) is -0.473. The highest BCUT2D eigenvalue weighted by Gasteiger charge is 2.35. The number of ether oxygens (including phenoxy) is 2. The summed E-state index contributed by atoms with van der Waals surface area (Å²) in [5.41, 5.74) is 1.05. The van der Waals surface area contributed by atoms with Gasteiger partial charge in [0.1, 0.15) is 6.61 Å². The molecule has 0 saturated carbocycles. The van der Waals surface area contributed by atoms with Crippen molar-refractivity contribution in [2.24, 2.45) is 5.92 Å². The molecule has 1 amide bonds. The lowest BCUT2D eigenvalue weighted by Crippen LogP contribution is -2.35. The summed E-state index contributed by atoms with van der Waals surface area (Å²) in [6.45, 7) is 4.81. The Labute approximate surface area is 124 Å². The number of rotatable bonds is 6. The minimum atomic E-state index is -0.320. The summed E-state index contributed by atoms with van der Waals surface area (Å²) in [6, 6.07) is 9.66. The average Bonchev–Trinajstić information content (AvgIpc) is 2.81. The van der Waals surface area contributed by atoms with E-state index < -0.39 is 0 Å². The van der Waals surface area contributed by atoms with Gasteiger partial charge in [-0.05, 0) is 18.9 Å². The smallest absolute Gasteiger partial charge is 0.410 e. The third-order valence-electron chi connectivity index (χ3n) is 3.58. The molecule has 1 aromatic carbocycles. The van der Waals surface area contributed by atoms with Crippen molar-refractivity contribution >= 4 is 12.1 Å². The summed E-state index contributed by atoms with van der Waals surface area (Å²) in [5, 5.41) is 0. The van der Waals surface area contributed by atoms with Crippen LogP contribution in [0.4, 0.5) is 4.79 Å². The molecule has 2 atom stereocenters. The first-order valence-electron chi connectivity index (χ1n) is 7.25. The first kappa shape index (κ1) is 15.4. The highest BCUT2D eigenvalue weighted by atomic mass is 16.6. The van der Waals surface area contributed by atoms with Gasteiger partial charge < -0.3 is 9.47 Å². The molecule has 0 spiro atoms. The summed E-state index contributed by atoms with van der Waals surface area (Å²) < 4.78 is 10.1. The second kappa shape index (κ2) is 7.11. The molecule has 21 heavy (non-hydrogen) atoms. The molecule has 1 aromatic rings. The van der Waals surface area contributed by atoms with E-state index in [0.717, 1.165) is 5.56 Å².